The number of nitrogens with zero attached hydrogens (tertiary/aromatic N) is 1. The van der Waals surface area contributed by atoms with Crippen molar-refractivity contribution < 1.29 is 14.8 Å². The van der Waals surface area contributed by atoms with Gasteiger partial charge in [-0.2, -0.15) is 0 Å². The Labute approximate surface area is 93.8 Å². The van der Waals surface area contributed by atoms with Gasteiger partial charge in [0.25, 0.3) is 0 Å². The Balaban J connectivity index is 3.12. The third-order valence-corrected chi connectivity index (χ3v) is 2.17. The van der Waals surface area contributed by atoms with E-state index >= 15 is 0 Å². The van der Waals surface area contributed by atoms with Gasteiger partial charge in [0.05, 0.1) is 11.5 Å². The number of benzene rings is 1. The van der Waals surface area contributed by atoms with Crippen LogP contribution in [0.25, 0.3) is 0 Å². The van der Waals surface area contributed by atoms with Crippen molar-refractivity contribution in [3.63, 3.8) is 0 Å². The van der Waals surface area contributed by atoms with Crippen molar-refractivity contribution in [3.05, 3.63) is 40.8 Å². The molecule has 0 fully saturated rings. The fourth-order valence-electron chi connectivity index (χ4n) is 1.31. The van der Waals surface area contributed by atoms with Crippen LogP contribution in [0.1, 0.15) is 18.4 Å². The first-order valence-corrected chi connectivity index (χ1v) is 4.95. The Morgan fingerprint density at radius 2 is 2.31 bits per heavy atom. The molecular weight excluding hydrogens is 210 g/mol. The van der Waals surface area contributed by atoms with Gasteiger partial charge in [-0.05, 0) is 25.5 Å². The number of nitro benzene ring substituents is 1. The van der Waals surface area contributed by atoms with Crippen molar-refractivity contribution >= 4 is 5.69 Å². The number of nitro groups is 1. The van der Waals surface area contributed by atoms with E-state index in [4.69, 9.17) is 9.84 Å². The zero-order chi connectivity index (χ0) is 12.1. The highest BCUT2D eigenvalue weighted by Gasteiger charge is 2.17. The van der Waals surface area contributed by atoms with Crippen LogP contribution in [0.15, 0.2) is 18.2 Å². The highest BCUT2D eigenvalue weighted by molar-refractivity contribution is 5.49. The lowest BCUT2D eigenvalue weighted by atomic mass is 10.0. The molecule has 0 spiro atoms. The van der Waals surface area contributed by atoms with Crippen molar-refractivity contribution in [1.29, 1.82) is 0 Å². The van der Waals surface area contributed by atoms with Gasteiger partial charge in [-0.25, -0.2) is 0 Å². The molecule has 1 atom stereocenters. The number of rotatable bonds is 5. The van der Waals surface area contributed by atoms with E-state index in [1.807, 2.05) is 0 Å². The molecule has 5 nitrogen and oxygen atoms in total. The molecule has 1 aromatic rings. The first kappa shape index (κ1) is 12.4. The van der Waals surface area contributed by atoms with E-state index in [0.29, 0.717) is 12.2 Å². The minimum atomic E-state index is -0.501. The van der Waals surface area contributed by atoms with Crippen LogP contribution in [-0.2, 0) is 0 Å². The Hall–Kier alpha value is -1.62. The van der Waals surface area contributed by atoms with Gasteiger partial charge in [-0.3, -0.25) is 10.1 Å². The Kier molecular flexibility index (Phi) is 4.25. The van der Waals surface area contributed by atoms with E-state index < -0.39 is 4.92 Å². The van der Waals surface area contributed by atoms with Crippen molar-refractivity contribution in [1.82, 2.24) is 0 Å². The fourth-order valence-corrected chi connectivity index (χ4v) is 1.31. The normalized spacial score (nSPS) is 12.2. The summed E-state index contributed by atoms with van der Waals surface area (Å²) in [5.41, 5.74) is 0.527. The van der Waals surface area contributed by atoms with Crippen LogP contribution < -0.4 is 4.74 Å². The molecule has 1 radical (unpaired) electrons. The van der Waals surface area contributed by atoms with Crippen LogP contribution in [0.5, 0.6) is 5.75 Å². The molecule has 1 unspecified atom stereocenters. The van der Waals surface area contributed by atoms with Gasteiger partial charge in [-0.1, -0.05) is 6.07 Å². The second-order valence-electron chi connectivity index (χ2n) is 3.30. The molecule has 0 aromatic heterocycles. The summed E-state index contributed by atoms with van der Waals surface area (Å²) in [4.78, 5) is 10.3. The summed E-state index contributed by atoms with van der Waals surface area (Å²) >= 11 is 0. The maximum atomic E-state index is 10.8. The quantitative estimate of drug-likeness (QED) is 0.612. The van der Waals surface area contributed by atoms with E-state index in [1.165, 1.54) is 12.1 Å². The predicted octanol–water partition coefficient (Wildman–Crippen LogP) is 1.90. The van der Waals surface area contributed by atoms with Crippen LogP contribution in [0.2, 0.25) is 0 Å². The first-order chi connectivity index (χ1) is 7.60. The average molecular weight is 224 g/mol. The lowest BCUT2D eigenvalue weighted by Gasteiger charge is -2.10. The first-order valence-electron chi connectivity index (χ1n) is 4.95. The van der Waals surface area contributed by atoms with Gasteiger partial charge in [-0.15, -0.1) is 0 Å². The fraction of sp³-hybridized carbons (Fsp3) is 0.364. The summed E-state index contributed by atoms with van der Waals surface area (Å²) in [5.74, 6) is -0.129. The second-order valence-corrected chi connectivity index (χ2v) is 3.30. The van der Waals surface area contributed by atoms with E-state index in [-0.39, 0.29) is 24.0 Å². The summed E-state index contributed by atoms with van der Waals surface area (Å²) in [6.07, 6.45) is 0. The molecule has 1 N–H and O–H groups in total. The number of aliphatic hydroxyl groups is 1. The number of hydrogen-bond donors (Lipinski definition) is 1. The molecule has 5 heteroatoms. The highest BCUT2D eigenvalue weighted by Crippen LogP contribution is 2.30. The SMILES string of the molecule is [CH2]C(CO)c1ccc(OCC)c([N+](=O)[O-])c1. The predicted molar refractivity (Wildman–Crippen MR) is 59.4 cm³/mol. The monoisotopic (exact) mass is 224 g/mol. The van der Waals surface area contributed by atoms with Crippen LogP contribution >= 0.6 is 0 Å². The van der Waals surface area contributed by atoms with Gasteiger partial charge >= 0.3 is 5.69 Å². The largest absolute Gasteiger partial charge is 0.487 e. The minimum absolute atomic E-state index is 0.0959. The second kappa shape index (κ2) is 5.46. The van der Waals surface area contributed by atoms with Crippen LogP contribution in [0.3, 0.4) is 0 Å². The molecule has 0 amide bonds. The molecule has 16 heavy (non-hydrogen) atoms. The highest BCUT2D eigenvalue weighted by atomic mass is 16.6. The maximum Gasteiger partial charge on any atom is 0.311 e. The third kappa shape index (κ3) is 2.70. The van der Waals surface area contributed by atoms with Gasteiger partial charge in [0.2, 0.25) is 0 Å². The van der Waals surface area contributed by atoms with Crippen molar-refractivity contribution in [3.8, 4) is 5.75 Å². The minimum Gasteiger partial charge on any atom is -0.487 e. The molecule has 0 bridgehead atoms. The molecule has 87 valence electrons. The summed E-state index contributed by atoms with van der Waals surface area (Å²) in [5, 5.41) is 19.7. The zero-order valence-electron chi connectivity index (χ0n) is 9.05. The Morgan fingerprint density at radius 1 is 1.62 bits per heavy atom. The van der Waals surface area contributed by atoms with Crippen LogP contribution in [-0.4, -0.2) is 23.2 Å². The molecule has 0 aliphatic carbocycles. The molecule has 1 aromatic carbocycles. The topological polar surface area (TPSA) is 72.6 Å². The molecule has 1 rings (SSSR count). The van der Waals surface area contributed by atoms with E-state index in [1.54, 1.807) is 13.0 Å². The van der Waals surface area contributed by atoms with Crippen LogP contribution in [0.4, 0.5) is 5.69 Å². The molecule has 0 aliphatic heterocycles. The molecule has 0 aliphatic rings. The lowest BCUT2D eigenvalue weighted by molar-refractivity contribution is -0.385. The molecule has 0 saturated heterocycles. The molecule has 0 heterocycles. The number of aliphatic hydroxyl groups excluding tert-OH is 1. The zero-order valence-corrected chi connectivity index (χ0v) is 9.05. The van der Waals surface area contributed by atoms with E-state index in [0.717, 1.165) is 0 Å². The average Bonchev–Trinajstić information content (AvgIpc) is 2.28. The summed E-state index contributed by atoms with van der Waals surface area (Å²) in [6, 6.07) is 4.59. The maximum absolute atomic E-state index is 10.8. The Morgan fingerprint density at radius 3 is 2.81 bits per heavy atom. The summed E-state index contributed by atoms with van der Waals surface area (Å²) in [6.45, 7) is 5.67. The van der Waals surface area contributed by atoms with Gasteiger partial charge in [0.1, 0.15) is 0 Å². The van der Waals surface area contributed by atoms with Gasteiger partial charge in [0, 0.05) is 18.6 Å². The van der Waals surface area contributed by atoms with Crippen molar-refractivity contribution in [2.75, 3.05) is 13.2 Å². The van der Waals surface area contributed by atoms with Gasteiger partial charge in [0.15, 0.2) is 5.75 Å². The van der Waals surface area contributed by atoms with Gasteiger partial charge < -0.3 is 9.84 Å². The number of hydrogen-bond acceptors (Lipinski definition) is 4. The lowest BCUT2D eigenvalue weighted by Crippen LogP contribution is -2.02. The van der Waals surface area contributed by atoms with E-state index in [9.17, 15) is 10.1 Å². The van der Waals surface area contributed by atoms with Crippen molar-refractivity contribution in [2.24, 2.45) is 0 Å². The summed E-state index contributed by atoms with van der Waals surface area (Å²) in [7, 11) is 0. The number of ether oxygens (including phenoxy) is 1. The molecular formula is C11H14NO4. The van der Waals surface area contributed by atoms with E-state index in [2.05, 4.69) is 6.92 Å². The standard InChI is InChI=1S/C11H14NO4/c1-3-16-11-5-4-9(8(2)7-13)6-10(11)12(14)15/h4-6,8,13H,2-3,7H2,1H3. The Bertz CT molecular complexity index is 378. The van der Waals surface area contributed by atoms with Crippen molar-refractivity contribution in [2.45, 2.75) is 12.8 Å². The van der Waals surface area contributed by atoms with Crippen LogP contribution in [0, 0.1) is 17.0 Å². The smallest absolute Gasteiger partial charge is 0.311 e. The third-order valence-electron chi connectivity index (χ3n) is 2.17. The molecule has 0 saturated carbocycles. The summed E-state index contributed by atoms with van der Waals surface area (Å²) < 4.78 is 5.14.